The van der Waals surface area contributed by atoms with E-state index >= 15 is 0 Å². The van der Waals surface area contributed by atoms with Crippen molar-refractivity contribution in [3.8, 4) is 11.4 Å². The molecule has 0 aliphatic rings. The molecule has 0 saturated carbocycles. The molecule has 2 N–H and O–H groups in total. The predicted octanol–water partition coefficient (Wildman–Crippen LogP) is 2.96. The summed E-state index contributed by atoms with van der Waals surface area (Å²) >= 11 is 2.20. The summed E-state index contributed by atoms with van der Waals surface area (Å²) in [6, 6.07) is 8.16. The highest BCUT2D eigenvalue weighted by atomic mass is 127. The first-order valence-electron chi connectivity index (χ1n) is 6.12. The van der Waals surface area contributed by atoms with Crippen LogP contribution in [0, 0.1) is 3.57 Å². The van der Waals surface area contributed by atoms with Crippen molar-refractivity contribution >= 4 is 34.1 Å². The van der Waals surface area contributed by atoms with Crippen molar-refractivity contribution in [2.75, 3.05) is 24.7 Å². The van der Waals surface area contributed by atoms with Gasteiger partial charge in [-0.2, -0.15) is 0 Å². The summed E-state index contributed by atoms with van der Waals surface area (Å²) in [5.74, 6) is 1.25. The van der Waals surface area contributed by atoms with Crippen LogP contribution in [-0.4, -0.2) is 24.1 Å². The standard InChI is InChI=1S/C14H17IN4/c1-4-11-12(15)13(16)18-14(17-11)9-5-7-10(8-6-9)19(2)3/h5-8H,4H2,1-3H3,(H2,16,17,18). The largest absolute Gasteiger partial charge is 0.383 e. The third kappa shape index (κ3) is 2.97. The molecular formula is C14H17IN4. The van der Waals surface area contributed by atoms with Crippen molar-refractivity contribution in [3.05, 3.63) is 33.5 Å². The lowest BCUT2D eigenvalue weighted by molar-refractivity contribution is 0.994. The molecule has 2 rings (SSSR count). The van der Waals surface area contributed by atoms with Gasteiger partial charge in [0, 0.05) is 25.3 Å². The summed E-state index contributed by atoms with van der Waals surface area (Å²) in [5, 5.41) is 0. The number of nitrogens with two attached hydrogens (primary N) is 1. The zero-order valence-electron chi connectivity index (χ0n) is 11.3. The Bertz CT molecular complexity index is 579. The van der Waals surface area contributed by atoms with Gasteiger partial charge >= 0.3 is 0 Å². The molecule has 0 saturated heterocycles. The molecule has 1 heterocycles. The fraction of sp³-hybridized carbons (Fsp3) is 0.286. The Morgan fingerprint density at radius 1 is 1.16 bits per heavy atom. The molecule has 0 spiro atoms. The molecular weight excluding hydrogens is 351 g/mol. The smallest absolute Gasteiger partial charge is 0.161 e. The summed E-state index contributed by atoms with van der Waals surface area (Å²) in [6.45, 7) is 2.07. The van der Waals surface area contributed by atoms with E-state index in [4.69, 9.17) is 5.73 Å². The lowest BCUT2D eigenvalue weighted by Crippen LogP contribution is -2.08. The first-order valence-corrected chi connectivity index (χ1v) is 7.20. The van der Waals surface area contributed by atoms with Gasteiger partial charge in [-0.05, 0) is 53.3 Å². The second-order valence-corrected chi connectivity index (χ2v) is 5.57. The third-order valence-corrected chi connectivity index (χ3v) is 4.10. The van der Waals surface area contributed by atoms with Gasteiger partial charge in [0.2, 0.25) is 0 Å². The minimum absolute atomic E-state index is 0.555. The molecule has 0 atom stereocenters. The number of halogens is 1. The van der Waals surface area contributed by atoms with E-state index in [2.05, 4.69) is 56.5 Å². The molecule has 4 nitrogen and oxygen atoms in total. The van der Waals surface area contributed by atoms with Crippen LogP contribution < -0.4 is 10.6 Å². The SMILES string of the molecule is CCc1nc(-c2ccc(N(C)C)cc2)nc(N)c1I. The summed E-state index contributed by atoms with van der Waals surface area (Å²) in [6.07, 6.45) is 0.855. The normalized spacial score (nSPS) is 10.5. The number of hydrogen-bond donors (Lipinski definition) is 1. The molecule has 19 heavy (non-hydrogen) atoms. The Morgan fingerprint density at radius 3 is 2.32 bits per heavy atom. The Kier molecular flexibility index (Phi) is 4.24. The molecule has 5 heteroatoms. The van der Waals surface area contributed by atoms with Crippen molar-refractivity contribution in [2.45, 2.75) is 13.3 Å². The maximum Gasteiger partial charge on any atom is 0.161 e. The van der Waals surface area contributed by atoms with E-state index in [1.54, 1.807) is 0 Å². The first kappa shape index (κ1) is 14.0. The van der Waals surface area contributed by atoms with Crippen LogP contribution in [0.5, 0.6) is 0 Å². The molecule has 0 aliphatic carbocycles. The highest BCUT2D eigenvalue weighted by Gasteiger charge is 2.10. The van der Waals surface area contributed by atoms with Gasteiger partial charge in [-0.15, -0.1) is 0 Å². The average Bonchev–Trinajstić information content (AvgIpc) is 2.41. The number of anilines is 2. The minimum atomic E-state index is 0.555. The van der Waals surface area contributed by atoms with Crippen molar-refractivity contribution in [1.82, 2.24) is 9.97 Å². The van der Waals surface area contributed by atoms with Crippen molar-refractivity contribution in [2.24, 2.45) is 0 Å². The van der Waals surface area contributed by atoms with E-state index in [0.717, 1.165) is 26.9 Å². The number of aromatic nitrogens is 2. The van der Waals surface area contributed by atoms with E-state index in [1.165, 1.54) is 0 Å². The monoisotopic (exact) mass is 368 g/mol. The van der Waals surface area contributed by atoms with E-state index in [1.807, 2.05) is 26.2 Å². The fourth-order valence-electron chi connectivity index (χ4n) is 1.78. The summed E-state index contributed by atoms with van der Waals surface area (Å²) in [7, 11) is 4.03. The van der Waals surface area contributed by atoms with Gasteiger partial charge in [0.15, 0.2) is 5.82 Å². The van der Waals surface area contributed by atoms with Crippen LogP contribution >= 0.6 is 22.6 Å². The number of hydrogen-bond acceptors (Lipinski definition) is 4. The summed E-state index contributed by atoms with van der Waals surface area (Å²) < 4.78 is 0.953. The lowest BCUT2D eigenvalue weighted by atomic mass is 10.2. The van der Waals surface area contributed by atoms with Gasteiger partial charge in [0.05, 0.1) is 9.26 Å². The molecule has 0 fully saturated rings. The molecule has 0 bridgehead atoms. The molecule has 1 aromatic heterocycles. The molecule has 1 aromatic carbocycles. The molecule has 0 radical (unpaired) electrons. The van der Waals surface area contributed by atoms with Gasteiger partial charge < -0.3 is 10.6 Å². The number of rotatable bonds is 3. The lowest BCUT2D eigenvalue weighted by Gasteiger charge is -2.13. The van der Waals surface area contributed by atoms with Crippen LogP contribution in [-0.2, 0) is 6.42 Å². The average molecular weight is 368 g/mol. The number of nitrogens with zero attached hydrogens (tertiary/aromatic N) is 3. The van der Waals surface area contributed by atoms with Gasteiger partial charge in [0.25, 0.3) is 0 Å². The van der Waals surface area contributed by atoms with E-state index in [9.17, 15) is 0 Å². The summed E-state index contributed by atoms with van der Waals surface area (Å²) in [5.41, 5.74) is 9.09. The minimum Gasteiger partial charge on any atom is -0.383 e. The van der Waals surface area contributed by atoms with Crippen LogP contribution in [0.15, 0.2) is 24.3 Å². The van der Waals surface area contributed by atoms with Gasteiger partial charge in [-0.3, -0.25) is 0 Å². The molecule has 0 unspecified atom stereocenters. The maximum absolute atomic E-state index is 5.95. The second-order valence-electron chi connectivity index (χ2n) is 4.49. The first-order chi connectivity index (χ1) is 9.02. The number of nitrogen functional groups attached to an aromatic ring is 1. The quantitative estimate of drug-likeness (QED) is 0.847. The zero-order valence-corrected chi connectivity index (χ0v) is 13.5. The Balaban J connectivity index is 2.44. The fourth-order valence-corrected chi connectivity index (χ4v) is 2.41. The van der Waals surface area contributed by atoms with Crippen molar-refractivity contribution in [3.63, 3.8) is 0 Å². The Hall–Kier alpha value is -1.37. The molecule has 2 aromatic rings. The maximum atomic E-state index is 5.95. The second kappa shape index (κ2) is 5.73. The predicted molar refractivity (Wildman–Crippen MR) is 88.3 cm³/mol. The van der Waals surface area contributed by atoms with Gasteiger partial charge in [-0.25, -0.2) is 9.97 Å². The topological polar surface area (TPSA) is 55.0 Å². The third-order valence-electron chi connectivity index (χ3n) is 2.92. The zero-order chi connectivity index (χ0) is 14.0. The van der Waals surface area contributed by atoms with E-state index < -0.39 is 0 Å². The molecule has 0 amide bonds. The molecule has 0 aliphatic heterocycles. The van der Waals surface area contributed by atoms with Gasteiger partial charge in [0.1, 0.15) is 5.82 Å². The van der Waals surface area contributed by atoms with Crippen LogP contribution in [0.25, 0.3) is 11.4 Å². The van der Waals surface area contributed by atoms with Crippen LogP contribution in [0.2, 0.25) is 0 Å². The van der Waals surface area contributed by atoms with Crippen LogP contribution in [0.1, 0.15) is 12.6 Å². The molecule has 100 valence electrons. The van der Waals surface area contributed by atoms with E-state index in [0.29, 0.717) is 11.6 Å². The Labute approximate surface area is 127 Å². The Morgan fingerprint density at radius 2 is 1.79 bits per heavy atom. The van der Waals surface area contributed by atoms with Gasteiger partial charge in [-0.1, -0.05) is 6.92 Å². The number of aryl methyl sites for hydroxylation is 1. The number of benzene rings is 1. The highest BCUT2D eigenvalue weighted by molar-refractivity contribution is 14.1. The van der Waals surface area contributed by atoms with Crippen LogP contribution in [0.3, 0.4) is 0 Å². The van der Waals surface area contributed by atoms with Crippen molar-refractivity contribution in [1.29, 1.82) is 0 Å². The van der Waals surface area contributed by atoms with Crippen molar-refractivity contribution < 1.29 is 0 Å². The van der Waals surface area contributed by atoms with E-state index in [-0.39, 0.29) is 0 Å². The summed E-state index contributed by atoms with van der Waals surface area (Å²) in [4.78, 5) is 11.0. The van der Waals surface area contributed by atoms with Crippen LogP contribution in [0.4, 0.5) is 11.5 Å². The highest BCUT2D eigenvalue weighted by Crippen LogP contribution is 2.24.